The van der Waals surface area contributed by atoms with Crippen LogP contribution in [-0.2, 0) is 6.54 Å². The minimum Gasteiger partial charge on any atom is -0.490 e. The molecule has 2 aromatic rings. The van der Waals surface area contributed by atoms with Gasteiger partial charge in [-0.05, 0) is 30.7 Å². The standard InChI is InChI=1S/C19H21F2NO3/c1-12(18(23)13-6-7-15(20)16(21)10-13)22-11-14-4-2-5-17-19(14)25-9-3-8-24-17/h2,4-7,10,12,18,22-23H,3,8-9,11H2,1H3. The van der Waals surface area contributed by atoms with Crippen LogP contribution in [0.5, 0.6) is 11.5 Å². The molecule has 25 heavy (non-hydrogen) atoms. The molecule has 0 saturated heterocycles. The van der Waals surface area contributed by atoms with Crippen LogP contribution in [0.4, 0.5) is 8.78 Å². The number of halogens is 2. The van der Waals surface area contributed by atoms with Gasteiger partial charge in [-0.3, -0.25) is 0 Å². The molecular weight excluding hydrogens is 328 g/mol. The maximum absolute atomic E-state index is 13.3. The lowest BCUT2D eigenvalue weighted by atomic mass is 10.0. The van der Waals surface area contributed by atoms with E-state index in [-0.39, 0.29) is 6.04 Å². The largest absolute Gasteiger partial charge is 0.490 e. The van der Waals surface area contributed by atoms with Gasteiger partial charge in [0.1, 0.15) is 0 Å². The molecule has 4 nitrogen and oxygen atoms in total. The van der Waals surface area contributed by atoms with E-state index in [9.17, 15) is 13.9 Å². The Hall–Kier alpha value is -2.18. The second-order valence-electron chi connectivity index (χ2n) is 6.08. The van der Waals surface area contributed by atoms with Crippen molar-refractivity contribution < 1.29 is 23.4 Å². The quantitative estimate of drug-likeness (QED) is 0.869. The van der Waals surface area contributed by atoms with Gasteiger partial charge >= 0.3 is 0 Å². The van der Waals surface area contributed by atoms with Crippen molar-refractivity contribution in [2.75, 3.05) is 13.2 Å². The van der Waals surface area contributed by atoms with Crippen LogP contribution in [0.2, 0.25) is 0 Å². The van der Waals surface area contributed by atoms with Crippen LogP contribution in [-0.4, -0.2) is 24.4 Å². The fraction of sp³-hybridized carbons (Fsp3) is 0.368. The number of hydrogen-bond donors (Lipinski definition) is 2. The highest BCUT2D eigenvalue weighted by molar-refractivity contribution is 5.47. The lowest BCUT2D eigenvalue weighted by Crippen LogP contribution is -2.32. The number of ether oxygens (including phenoxy) is 2. The third kappa shape index (κ3) is 4.08. The predicted octanol–water partition coefficient (Wildman–Crippen LogP) is 3.34. The summed E-state index contributed by atoms with van der Waals surface area (Å²) >= 11 is 0. The maximum Gasteiger partial charge on any atom is 0.165 e. The number of hydrogen-bond acceptors (Lipinski definition) is 4. The van der Waals surface area contributed by atoms with E-state index in [0.29, 0.717) is 36.8 Å². The van der Waals surface area contributed by atoms with E-state index in [1.807, 2.05) is 18.2 Å². The summed E-state index contributed by atoms with van der Waals surface area (Å²) in [6.45, 7) is 3.45. The van der Waals surface area contributed by atoms with Crippen molar-refractivity contribution in [1.82, 2.24) is 5.32 Å². The van der Waals surface area contributed by atoms with Gasteiger partial charge in [-0.25, -0.2) is 8.78 Å². The Balaban J connectivity index is 1.68. The number of aliphatic hydroxyl groups is 1. The summed E-state index contributed by atoms with van der Waals surface area (Å²) < 4.78 is 37.8. The topological polar surface area (TPSA) is 50.7 Å². The van der Waals surface area contributed by atoms with Gasteiger partial charge in [0.15, 0.2) is 23.1 Å². The second kappa shape index (κ2) is 7.80. The summed E-state index contributed by atoms with van der Waals surface area (Å²) in [7, 11) is 0. The van der Waals surface area contributed by atoms with Crippen molar-refractivity contribution in [2.24, 2.45) is 0 Å². The lowest BCUT2D eigenvalue weighted by Gasteiger charge is -2.22. The Kier molecular flexibility index (Phi) is 5.50. The molecule has 2 unspecified atom stereocenters. The van der Waals surface area contributed by atoms with Crippen molar-refractivity contribution in [2.45, 2.75) is 32.0 Å². The van der Waals surface area contributed by atoms with Crippen LogP contribution in [0.25, 0.3) is 0 Å². The van der Waals surface area contributed by atoms with Gasteiger partial charge < -0.3 is 19.9 Å². The van der Waals surface area contributed by atoms with Crippen LogP contribution < -0.4 is 14.8 Å². The van der Waals surface area contributed by atoms with Crippen LogP contribution in [0.3, 0.4) is 0 Å². The average molecular weight is 349 g/mol. The van der Waals surface area contributed by atoms with Crippen molar-refractivity contribution in [1.29, 1.82) is 0 Å². The second-order valence-corrected chi connectivity index (χ2v) is 6.08. The van der Waals surface area contributed by atoms with Gasteiger partial charge in [0.25, 0.3) is 0 Å². The normalized spacial score (nSPS) is 16.2. The highest BCUT2D eigenvalue weighted by Gasteiger charge is 2.19. The number of benzene rings is 2. The van der Waals surface area contributed by atoms with E-state index >= 15 is 0 Å². The maximum atomic E-state index is 13.3. The van der Waals surface area contributed by atoms with E-state index < -0.39 is 17.7 Å². The number of nitrogens with one attached hydrogen (secondary N) is 1. The van der Waals surface area contributed by atoms with Crippen LogP contribution in [0.15, 0.2) is 36.4 Å². The number of para-hydroxylation sites is 1. The fourth-order valence-corrected chi connectivity index (χ4v) is 2.76. The van der Waals surface area contributed by atoms with Crippen molar-refractivity contribution in [3.63, 3.8) is 0 Å². The monoisotopic (exact) mass is 349 g/mol. The zero-order valence-corrected chi connectivity index (χ0v) is 14.0. The summed E-state index contributed by atoms with van der Waals surface area (Å²) in [4.78, 5) is 0. The number of fused-ring (bicyclic) bond motifs is 1. The van der Waals surface area contributed by atoms with E-state index in [2.05, 4.69) is 5.32 Å². The van der Waals surface area contributed by atoms with Crippen molar-refractivity contribution in [3.05, 3.63) is 59.2 Å². The Morgan fingerprint density at radius 1 is 1.12 bits per heavy atom. The molecule has 1 aliphatic heterocycles. The molecule has 0 bridgehead atoms. The summed E-state index contributed by atoms with van der Waals surface area (Å²) in [5.41, 5.74) is 1.24. The molecule has 2 N–H and O–H groups in total. The molecule has 0 radical (unpaired) electrons. The zero-order valence-electron chi connectivity index (χ0n) is 14.0. The number of rotatable bonds is 5. The van der Waals surface area contributed by atoms with Crippen molar-refractivity contribution in [3.8, 4) is 11.5 Å². The highest BCUT2D eigenvalue weighted by atomic mass is 19.2. The van der Waals surface area contributed by atoms with Gasteiger partial charge in [-0.2, -0.15) is 0 Å². The highest BCUT2D eigenvalue weighted by Crippen LogP contribution is 2.33. The smallest absolute Gasteiger partial charge is 0.165 e. The molecule has 0 spiro atoms. The van der Waals surface area contributed by atoms with Gasteiger partial charge in [-0.15, -0.1) is 0 Å². The van der Waals surface area contributed by atoms with Crippen LogP contribution in [0.1, 0.15) is 30.6 Å². The molecular formula is C19H21F2NO3. The van der Waals surface area contributed by atoms with Crippen LogP contribution >= 0.6 is 0 Å². The first kappa shape index (κ1) is 17.6. The molecule has 0 aliphatic carbocycles. The van der Waals surface area contributed by atoms with E-state index in [4.69, 9.17) is 9.47 Å². The van der Waals surface area contributed by atoms with Crippen molar-refractivity contribution >= 4 is 0 Å². The summed E-state index contributed by atoms with van der Waals surface area (Å²) in [6, 6.07) is 8.73. The summed E-state index contributed by atoms with van der Waals surface area (Å²) in [5, 5.41) is 13.6. The minimum atomic E-state index is -0.970. The molecule has 6 heteroatoms. The first-order chi connectivity index (χ1) is 12.1. The molecule has 0 fully saturated rings. The number of aliphatic hydroxyl groups excluding tert-OH is 1. The van der Waals surface area contributed by atoms with Gasteiger partial charge in [0.2, 0.25) is 0 Å². The van der Waals surface area contributed by atoms with E-state index in [1.54, 1.807) is 6.92 Å². The molecule has 2 aromatic carbocycles. The zero-order chi connectivity index (χ0) is 17.8. The molecule has 0 saturated carbocycles. The molecule has 134 valence electrons. The first-order valence-electron chi connectivity index (χ1n) is 8.30. The first-order valence-corrected chi connectivity index (χ1v) is 8.30. The Morgan fingerprint density at radius 3 is 2.72 bits per heavy atom. The third-order valence-corrected chi connectivity index (χ3v) is 4.23. The van der Waals surface area contributed by atoms with Gasteiger partial charge in [0.05, 0.1) is 19.3 Å². The van der Waals surface area contributed by atoms with Crippen LogP contribution in [0, 0.1) is 11.6 Å². The Bertz CT molecular complexity index is 739. The van der Waals surface area contributed by atoms with Gasteiger partial charge in [0, 0.05) is 24.6 Å². The molecule has 3 rings (SSSR count). The van der Waals surface area contributed by atoms with E-state index in [1.165, 1.54) is 6.07 Å². The SMILES string of the molecule is CC(NCc1cccc2c1OCCCO2)C(O)c1ccc(F)c(F)c1. The summed E-state index contributed by atoms with van der Waals surface area (Å²) in [6.07, 6.45) is -0.137. The third-order valence-electron chi connectivity index (χ3n) is 4.23. The average Bonchev–Trinajstić information content (AvgIpc) is 2.87. The molecule has 2 atom stereocenters. The fourth-order valence-electron chi connectivity index (χ4n) is 2.76. The Morgan fingerprint density at radius 2 is 1.92 bits per heavy atom. The Labute approximate surface area is 145 Å². The molecule has 0 amide bonds. The molecule has 0 aromatic heterocycles. The molecule has 1 heterocycles. The minimum absolute atomic E-state index is 0.324. The van der Waals surface area contributed by atoms with E-state index in [0.717, 1.165) is 24.1 Å². The molecule has 1 aliphatic rings. The summed E-state index contributed by atoms with van der Waals surface area (Å²) in [5.74, 6) is -0.476. The predicted molar refractivity (Wildman–Crippen MR) is 89.7 cm³/mol. The van der Waals surface area contributed by atoms with Gasteiger partial charge in [-0.1, -0.05) is 18.2 Å². The lowest BCUT2D eigenvalue weighted by molar-refractivity contribution is 0.134.